The minimum Gasteiger partial charge on any atom is -0.493 e. The lowest BCUT2D eigenvalue weighted by Gasteiger charge is -2.31. The standard InChI is InChI=1S/C36H43FN4O5/c1-40-22-10-3-4-11-23-46-32-15-9-8-14-29(32)34(43)39-30(35(44)38-25-27-16-18-28(37)19-17-27)20-21-33(42)41(2)31(36(40)45)24-26-12-6-5-7-13-26/h5-9,12-19,30-31H,3-4,10-11,20-25H2,1-2H3,(H,38,44)(H,39,43)/t30-,31-/m0/s1. The van der Waals surface area contributed by atoms with E-state index in [1.54, 1.807) is 55.4 Å². The second kappa shape index (κ2) is 17.1. The number of carbonyl (C=O) groups is 4. The summed E-state index contributed by atoms with van der Waals surface area (Å²) in [4.78, 5) is 57.4. The third-order valence-electron chi connectivity index (χ3n) is 8.22. The Balaban J connectivity index is 1.57. The highest BCUT2D eigenvalue weighted by Crippen LogP contribution is 2.20. The van der Waals surface area contributed by atoms with Gasteiger partial charge in [0.05, 0.1) is 12.2 Å². The van der Waals surface area contributed by atoms with Gasteiger partial charge < -0.3 is 25.2 Å². The summed E-state index contributed by atoms with van der Waals surface area (Å²) in [6.07, 6.45) is 3.62. The highest BCUT2D eigenvalue weighted by Gasteiger charge is 2.31. The second-order valence-corrected chi connectivity index (χ2v) is 11.6. The van der Waals surface area contributed by atoms with Crippen molar-refractivity contribution in [3.8, 4) is 5.75 Å². The SMILES string of the molecule is CN1CCCCCCOc2ccccc2C(=O)N[C@H](C(=O)NCc2ccc(F)cc2)CCC(=O)N(C)[C@@H](Cc2ccccc2)C1=O. The minimum atomic E-state index is -1.06. The summed E-state index contributed by atoms with van der Waals surface area (Å²) < 4.78 is 19.3. The van der Waals surface area contributed by atoms with E-state index < -0.39 is 23.9 Å². The van der Waals surface area contributed by atoms with Gasteiger partial charge in [-0.2, -0.15) is 0 Å². The average Bonchev–Trinajstić information content (AvgIpc) is 3.07. The van der Waals surface area contributed by atoms with E-state index in [1.807, 2.05) is 30.3 Å². The normalized spacial score (nSPS) is 19.2. The van der Waals surface area contributed by atoms with Crippen LogP contribution >= 0.6 is 0 Å². The first-order chi connectivity index (χ1) is 22.2. The van der Waals surface area contributed by atoms with E-state index in [0.717, 1.165) is 31.2 Å². The first-order valence-electron chi connectivity index (χ1n) is 15.8. The average molecular weight is 631 g/mol. The van der Waals surface area contributed by atoms with E-state index in [4.69, 9.17) is 4.74 Å². The molecule has 0 saturated carbocycles. The van der Waals surface area contributed by atoms with Crippen LogP contribution in [0.2, 0.25) is 0 Å². The molecule has 3 aromatic rings. The molecule has 3 aromatic carbocycles. The highest BCUT2D eigenvalue weighted by atomic mass is 19.1. The molecule has 0 aromatic heterocycles. The summed E-state index contributed by atoms with van der Waals surface area (Å²) >= 11 is 0. The van der Waals surface area contributed by atoms with Crippen LogP contribution in [0.3, 0.4) is 0 Å². The lowest BCUT2D eigenvalue weighted by molar-refractivity contribution is -0.144. The maximum Gasteiger partial charge on any atom is 0.255 e. The van der Waals surface area contributed by atoms with Gasteiger partial charge in [-0.3, -0.25) is 19.2 Å². The van der Waals surface area contributed by atoms with Gasteiger partial charge in [0.2, 0.25) is 17.7 Å². The monoisotopic (exact) mass is 630 g/mol. The number of fused-ring (bicyclic) bond motifs is 1. The van der Waals surface area contributed by atoms with E-state index in [0.29, 0.717) is 30.9 Å². The first kappa shape index (κ1) is 34.1. The number of likely N-dealkylation sites (N-methyl/N-ethyl adjacent to an activating group) is 2. The summed E-state index contributed by atoms with van der Waals surface area (Å²) in [5, 5.41) is 5.59. The van der Waals surface area contributed by atoms with Crippen molar-refractivity contribution in [1.29, 1.82) is 0 Å². The zero-order valence-corrected chi connectivity index (χ0v) is 26.5. The van der Waals surface area contributed by atoms with Crippen LogP contribution in [0.25, 0.3) is 0 Å². The van der Waals surface area contributed by atoms with Crippen LogP contribution in [0.1, 0.15) is 60.0 Å². The zero-order chi connectivity index (χ0) is 32.9. The Morgan fingerprint density at radius 1 is 0.891 bits per heavy atom. The molecular formula is C36H43FN4O5. The topological polar surface area (TPSA) is 108 Å². The molecular weight excluding hydrogens is 587 g/mol. The molecule has 0 fully saturated rings. The lowest BCUT2D eigenvalue weighted by Crippen LogP contribution is -2.50. The maximum absolute atomic E-state index is 13.7. The second-order valence-electron chi connectivity index (χ2n) is 11.6. The zero-order valence-electron chi connectivity index (χ0n) is 26.5. The number of nitrogens with zero attached hydrogens (tertiary/aromatic N) is 2. The molecule has 10 heteroatoms. The van der Waals surface area contributed by atoms with Crippen molar-refractivity contribution in [3.05, 3.63) is 101 Å². The fourth-order valence-electron chi connectivity index (χ4n) is 5.40. The lowest BCUT2D eigenvalue weighted by atomic mass is 10.0. The largest absolute Gasteiger partial charge is 0.493 e. The van der Waals surface area contributed by atoms with Crippen molar-refractivity contribution in [2.75, 3.05) is 27.2 Å². The first-order valence-corrected chi connectivity index (χ1v) is 15.8. The van der Waals surface area contributed by atoms with E-state index >= 15 is 0 Å². The summed E-state index contributed by atoms with van der Waals surface area (Å²) in [6, 6.07) is 20.3. The Labute approximate surface area is 270 Å². The number of para-hydroxylation sites is 1. The highest BCUT2D eigenvalue weighted by molar-refractivity contribution is 5.99. The Morgan fingerprint density at radius 2 is 1.59 bits per heavy atom. The molecule has 2 N–H and O–H groups in total. The molecule has 1 heterocycles. The fourth-order valence-corrected chi connectivity index (χ4v) is 5.40. The molecule has 46 heavy (non-hydrogen) atoms. The van der Waals surface area contributed by atoms with Crippen molar-refractivity contribution < 1.29 is 28.3 Å². The quantitative estimate of drug-likeness (QED) is 0.432. The third kappa shape index (κ3) is 9.89. The van der Waals surface area contributed by atoms with E-state index in [-0.39, 0.29) is 42.6 Å². The van der Waals surface area contributed by atoms with Gasteiger partial charge in [-0.15, -0.1) is 0 Å². The molecule has 2 atom stereocenters. The molecule has 1 aliphatic rings. The van der Waals surface area contributed by atoms with Gasteiger partial charge >= 0.3 is 0 Å². The summed E-state index contributed by atoms with van der Waals surface area (Å²) in [6.45, 7) is 1.09. The number of ether oxygens (including phenoxy) is 1. The number of nitrogens with one attached hydrogen (secondary N) is 2. The van der Waals surface area contributed by atoms with Crippen molar-refractivity contribution in [2.45, 2.75) is 63.6 Å². The number of hydrogen-bond acceptors (Lipinski definition) is 5. The molecule has 0 unspecified atom stereocenters. The maximum atomic E-state index is 13.7. The predicted octanol–water partition coefficient (Wildman–Crippen LogP) is 4.50. The fraction of sp³-hybridized carbons (Fsp3) is 0.389. The van der Waals surface area contributed by atoms with Crippen LogP contribution in [-0.2, 0) is 27.3 Å². The number of hydrogen-bond donors (Lipinski definition) is 2. The molecule has 0 radical (unpaired) electrons. The molecule has 0 bridgehead atoms. The molecule has 4 rings (SSSR count). The van der Waals surface area contributed by atoms with Crippen molar-refractivity contribution in [2.24, 2.45) is 0 Å². The smallest absolute Gasteiger partial charge is 0.255 e. The van der Waals surface area contributed by atoms with Crippen LogP contribution in [0, 0.1) is 5.82 Å². The predicted molar refractivity (Wildman–Crippen MR) is 173 cm³/mol. The number of amides is 4. The van der Waals surface area contributed by atoms with Gasteiger partial charge in [-0.05, 0) is 54.7 Å². The molecule has 244 valence electrons. The van der Waals surface area contributed by atoms with Crippen LogP contribution in [0.15, 0.2) is 78.9 Å². The van der Waals surface area contributed by atoms with Gasteiger partial charge in [0.15, 0.2) is 0 Å². The summed E-state index contributed by atoms with van der Waals surface area (Å²) in [7, 11) is 3.37. The van der Waals surface area contributed by atoms with Crippen molar-refractivity contribution in [3.63, 3.8) is 0 Å². The van der Waals surface area contributed by atoms with E-state index in [9.17, 15) is 23.6 Å². The molecule has 0 saturated heterocycles. The minimum absolute atomic E-state index is 0.00469. The number of benzene rings is 3. The molecule has 1 aliphatic heterocycles. The van der Waals surface area contributed by atoms with Crippen LogP contribution in [0.5, 0.6) is 5.75 Å². The summed E-state index contributed by atoms with van der Waals surface area (Å²) in [5.41, 5.74) is 1.89. The Hall–Kier alpha value is -4.73. The number of rotatable bonds is 5. The molecule has 9 nitrogen and oxygen atoms in total. The Morgan fingerprint density at radius 3 is 2.35 bits per heavy atom. The van der Waals surface area contributed by atoms with Gasteiger partial charge in [0.1, 0.15) is 23.7 Å². The Bertz CT molecular complexity index is 1470. The van der Waals surface area contributed by atoms with Gasteiger partial charge in [-0.1, -0.05) is 67.4 Å². The number of halogens is 1. The number of carbonyl (C=O) groups excluding carboxylic acids is 4. The van der Waals surface area contributed by atoms with Crippen LogP contribution in [-0.4, -0.2) is 72.8 Å². The Kier molecular flexibility index (Phi) is 12.7. The van der Waals surface area contributed by atoms with Gasteiger partial charge in [0.25, 0.3) is 5.91 Å². The van der Waals surface area contributed by atoms with E-state index in [1.165, 1.54) is 17.0 Å². The molecule has 0 spiro atoms. The van der Waals surface area contributed by atoms with Gasteiger partial charge in [0, 0.05) is 40.0 Å². The van der Waals surface area contributed by atoms with Gasteiger partial charge in [-0.25, -0.2) is 4.39 Å². The molecule has 0 aliphatic carbocycles. The van der Waals surface area contributed by atoms with Crippen LogP contribution in [0.4, 0.5) is 4.39 Å². The third-order valence-corrected chi connectivity index (χ3v) is 8.22. The molecule has 4 amide bonds. The summed E-state index contributed by atoms with van der Waals surface area (Å²) in [5.74, 6) is -1.45. The van der Waals surface area contributed by atoms with E-state index in [2.05, 4.69) is 10.6 Å². The van der Waals surface area contributed by atoms with Crippen molar-refractivity contribution in [1.82, 2.24) is 20.4 Å². The van der Waals surface area contributed by atoms with Crippen molar-refractivity contribution >= 4 is 23.6 Å². The van der Waals surface area contributed by atoms with Crippen LogP contribution < -0.4 is 15.4 Å².